The minimum Gasteiger partial charge on any atom is -0.618 e. The zero-order valence-corrected chi connectivity index (χ0v) is 28.6. The molecule has 0 unspecified atom stereocenters. The highest BCUT2D eigenvalue weighted by molar-refractivity contribution is 5.91. The van der Waals surface area contributed by atoms with Gasteiger partial charge in [0.15, 0.2) is 25.5 Å². The van der Waals surface area contributed by atoms with Gasteiger partial charge in [0.1, 0.15) is 5.75 Å². The van der Waals surface area contributed by atoms with Crippen molar-refractivity contribution in [3.05, 3.63) is 46.8 Å². The summed E-state index contributed by atoms with van der Waals surface area (Å²) >= 11 is 0. The SMILES string of the molecule is C#Cc1cc(OCOC)c(-c2ccc(C(=O)OCCCCCCCCCCCCCCCCCCCC)cc2OCOC)[n+]([O-])c1. The van der Waals surface area contributed by atoms with Crippen molar-refractivity contribution < 1.29 is 33.2 Å². The highest BCUT2D eigenvalue weighted by Gasteiger charge is 2.24. The zero-order valence-electron chi connectivity index (χ0n) is 28.6. The number of hydrogen-bond donors (Lipinski definition) is 0. The summed E-state index contributed by atoms with van der Waals surface area (Å²) in [6.07, 6.45) is 30.3. The molecule has 0 fully saturated rings. The van der Waals surface area contributed by atoms with E-state index in [2.05, 4.69) is 12.8 Å². The van der Waals surface area contributed by atoms with Crippen molar-refractivity contribution in [3.8, 4) is 35.1 Å². The second-order valence-electron chi connectivity index (χ2n) is 11.9. The molecule has 46 heavy (non-hydrogen) atoms. The van der Waals surface area contributed by atoms with Crippen molar-refractivity contribution in [1.29, 1.82) is 0 Å². The van der Waals surface area contributed by atoms with Crippen molar-refractivity contribution >= 4 is 5.97 Å². The van der Waals surface area contributed by atoms with Gasteiger partial charge in [0.05, 0.1) is 23.3 Å². The normalized spacial score (nSPS) is 10.9. The van der Waals surface area contributed by atoms with Crippen LogP contribution in [0.4, 0.5) is 0 Å². The first kappa shape index (κ1) is 38.9. The molecular formula is C38H57NO7. The van der Waals surface area contributed by atoms with Gasteiger partial charge in [-0.3, -0.25) is 0 Å². The Balaban J connectivity index is 1.70. The Hall–Kier alpha value is -3.28. The van der Waals surface area contributed by atoms with E-state index in [1.54, 1.807) is 24.3 Å². The molecule has 0 amide bonds. The summed E-state index contributed by atoms with van der Waals surface area (Å²) in [7, 11) is 2.96. The highest BCUT2D eigenvalue weighted by Crippen LogP contribution is 2.35. The Morgan fingerprint density at radius 1 is 0.739 bits per heavy atom. The minimum atomic E-state index is -0.450. The van der Waals surface area contributed by atoms with Crippen LogP contribution in [0.2, 0.25) is 0 Å². The lowest BCUT2D eigenvalue weighted by Gasteiger charge is -2.15. The van der Waals surface area contributed by atoms with Crippen LogP contribution < -0.4 is 14.2 Å². The first-order valence-corrected chi connectivity index (χ1v) is 17.3. The molecule has 8 heteroatoms. The molecule has 256 valence electrons. The number of carbonyl (C=O) groups excluding carboxylic acids is 1. The van der Waals surface area contributed by atoms with Crippen LogP contribution in [0, 0.1) is 17.6 Å². The number of terminal acetylenes is 1. The third kappa shape index (κ3) is 15.3. The molecule has 8 nitrogen and oxygen atoms in total. The maximum absolute atomic E-state index is 12.9. The summed E-state index contributed by atoms with van der Waals surface area (Å²) in [4.78, 5) is 12.8. The Labute approximate surface area is 277 Å². The first-order valence-electron chi connectivity index (χ1n) is 17.3. The van der Waals surface area contributed by atoms with E-state index in [-0.39, 0.29) is 30.8 Å². The molecule has 1 heterocycles. The van der Waals surface area contributed by atoms with E-state index in [1.165, 1.54) is 117 Å². The predicted octanol–water partition coefficient (Wildman–Crippen LogP) is 9.13. The lowest BCUT2D eigenvalue weighted by atomic mass is 10.0. The van der Waals surface area contributed by atoms with Gasteiger partial charge in [-0.25, -0.2) is 4.79 Å². The number of carbonyl (C=O) groups is 1. The van der Waals surface area contributed by atoms with Gasteiger partial charge < -0.3 is 28.9 Å². The summed E-state index contributed by atoms with van der Waals surface area (Å²) in [6, 6.07) is 6.34. The number of aromatic nitrogens is 1. The average molecular weight is 640 g/mol. The van der Waals surface area contributed by atoms with Crippen molar-refractivity contribution in [2.75, 3.05) is 34.4 Å². The Morgan fingerprint density at radius 3 is 1.74 bits per heavy atom. The minimum absolute atomic E-state index is 0.0830. The molecule has 0 spiro atoms. The van der Waals surface area contributed by atoms with Crippen LogP contribution in [-0.2, 0) is 14.2 Å². The fourth-order valence-corrected chi connectivity index (χ4v) is 5.45. The molecule has 2 aromatic rings. The maximum atomic E-state index is 12.9. The fourth-order valence-electron chi connectivity index (χ4n) is 5.45. The van der Waals surface area contributed by atoms with E-state index in [9.17, 15) is 10.0 Å². The second-order valence-corrected chi connectivity index (χ2v) is 11.9. The third-order valence-electron chi connectivity index (χ3n) is 8.03. The summed E-state index contributed by atoms with van der Waals surface area (Å²) in [6.45, 7) is 2.46. The molecule has 2 rings (SSSR count). The van der Waals surface area contributed by atoms with Gasteiger partial charge in [-0.1, -0.05) is 122 Å². The number of benzene rings is 1. The lowest BCUT2D eigenvalue weighted by molar-refractivity contribution is -0.594. The van der Waals surface area contributed by atoms with Gasteiger partial charge in [-0.15, -0.1) is 6.42 Å². The van der Waals surface area contributed by atoms with E-state index in [1.807, 2.05) is 0 Å². The number of hydrogen-bond acceptors (Lipinski definition) is 7. The van der Waals surface area contributed by atoms with Crippen LogP contribution in [0.5, 0.6) is 11.5 Å². The predicted molar refractivity (Wildman–Crippen MR) is 183 cm³/mol. The van der Waals surface area contributed by atoms with E-state index in [4.69, 9.17) is 30.1 Å². The molecule has 0 saturated heterocycles. The first-order chi connectivity index (χ1) is 22.5. The maximum Gasteiger partial charge on any atom is 0.338 e. The molecule has 0 saturated carbocycles. The molecule has 1 aromatic heterocycles. The molecule has 0 bridgehead atoms. The lowest BCUT2D eigenvalue weighted by Crippen LogP contribution is -2.30. The molecule has 0 radical (unpaired) electrons. The second kappa shape index (κ2) is 24.9. The van der Waals surface area contributed by atoms with Crippen LogP contribution >= 0.6 is 0 Å². The molecule has 0 aliphatic carbocycles. The summed E-state index contributed by atoms with van der Waals surface area (Å²) in [5, 5.41) is 12.9. The third-order valence-corrected chi connectivity index (χ3v) is 8.03. The van der Waals surface area contributed by atoms with Crippen molar-refractivity contribution in [1.82, 2.24) is 0 Å². The molecule has 1 aromatic carbocycles. The Morgan fingerprint density at radius 2 is 1.24 bits per heavy atom. The van der Waals surface area contributed by atoms with Crippen molar-refractivity contribution in [2.45, 2.75) is 122 Å². The van der Waals surface area contributed by atoms with Crippen molar-refractivity contribution in [3.63, 3.8) is 0 Å². The number of pyridine rings is 1. The van der Waals surface area contributed by atoms with E-state index in [0.29, 0.717) is 28.0 Å². The van der Waals surface area contributed by atoms with Crippen LogP contribution in [-0.4, -0.2) is 40.4 Å². The smallest absolute Gasteiger partial charge is 0.338 e. The highest BCUT2D eigenvalue weighted by atomic mass is 16.7. The number of methoxy groups -OCH3 is 2. The number of rotatable bonds is 27. The van der Waals surface area contributed by atoms with Gasteiger partial charge in [0, 0.05) is 20.3 Å². The summed E-state index contributed by atoms with van der Waals surface area (Å²) in [5.74, 6) is 2.48. The van der Waals surface area contributed by atoms with E-state index < -0.39 is 5.97 Å². The molecule has 0 aliphatic heterocycles. The van der Waals surface area contributed by atoms with E-state index >= 15 is 0 Å². The fraction of sp³-hybridized carbons (Fsp3) is 0.632. The molecule has 0 aliphatic rings. The van der Waals surface area contributed by atoms with Crippen LogP contribution in [0.3, 0.4) is 0 Å². The number of esters is 1. The monoisotopic (exact) mass is 639 g/mol. The molecule has 0 N–H and O–H groups in total. The van der Waals surface area contributed by atoms with Gasteiger partial charge >= 0.3 is 5.97 Å². The number of ether oxygens (including phenoxy) is 5. The Bertz CT molecular complexity index is 1160. The van der Waals surface area contributed by atoms with Gasteiger partial charge in [-0.2, -0.15) is 4.73 Å². The topological polar surface area (TPSA) is 90.2 Å². The summed E-state index contributed by atoms with van der Waals surface area (Å²) < 4.78 is 27.6. The molecular weight excluding hydrogens is 582 g/mol. The van der Waals surface area contributed by atoms with Crippen LogP contribution in [0.15, 0.2) is 30.5 Å². The van der Waals surface area contributed by atoms with Gasteiger partial charge in [0.2, 0.25) is 0 Å². The quantitative estimate of drug-likeness (QED) is 0.0240. The molecule has 0 atom stereocenters. The Kier molecular flexibility index (Phi) is 21.0. The average Bonchev–Trinajstić information content (AvgIpc) is 3.07. The van der Waals surface area contributed by atoms with Crippen LogP contribution in [0.1, 0.15) is 138 Å². The zero-order chi connectivity index (χ0) is 33.2. The standard InChI is InChI=1S/C38H57NO7/c1-5-7-8-9-10-11-12-13-14-15-16-17-18-19-20-21-22-23-26-44-38(40)33-24-25-34(35(28-33)45-30-42-3)37-36(46-31-43-4)27-32(6-2)29-39(37)41/h2,24-25,27-29H,5,7-23,26,30-31H2,1,3-4H3. The van der Waals surface area contributed by atoms with E-state index in [0.717, 1.165) is 19.3 Å². The van der Waals surface area contributed by atoms with Crippen molar-refractivity contribution in [2.24, 2.45) is 0 Å². The number of unbranched alkanes of at least 4 members (excludes halogenated alkanes) is 17. The largest absolute Gasteiger partial charge is 0.618 e. The summed E-state index contributed by atoms with van der Waals surface area (Å²) in [5.41, 5.74) is 1.24. The van der Waals surface area contributed by atoms with Crippen LogP contribution in [0.25, 0.3) is 11.3 Å². The van der Waals surface area contributed by atoms with Gasteiger partial charge in [-0.05, 0) is 24.6 Å². The van der Waals surface area contributed by atoms with Gasteiger partial charge in [0.25, 0.3) is 5.69 Å². The number of nitrogens with zero attached hydrogens (tertiary/aromatic N) is 1.